The van der Waals surface area contributed by atoms with Crippen molar-refractivity contribution in [2.75, 3.05) is 19.6 Å². The van der Waals surface area contributed by atoms with Gasteiger partial charge < -0.3 is 10.5 Å². The summed E-state index contributed by atoms with van der Waals surface area (Å²) in [6.07, 6.45) is 3.40. The van der Waals surface area contributed by atoms with Crippen LogP contribution >= 0.6 is 0 Å². The molecule has 0 radical (unpaired) electrons. The van der Waals surface area contributed by atoms with Gasteiger partial charge >= 0.3 is 0 Å². The molecule has 2 aliphatic rings. The van der Waals surface area contributed by atoms with Gasteiger partial charge in [-0.1, -0.05) is 25.1 Å². The number of nitrogens with two attached hydrogens (primary N) is 1. The van der Waals surface area contributed by atoms with E-state index in [1.54, 1.807) is 0 Å². The minimum Gasteiger partial charge on any atom is -0.487 e. The molecule has 3 heteroatoms. The van der Waals surface area contributed by atoms with Crippen molar-refractivity contribution in [3.8, 4) is 5.75 Å². The number of hydrogen-bond acceptors (Lipinski definition) is 3. The molecule has 2 N–H and O–H groups in total. The second-order valence-corrected chi connectivity index (χ2v) is 7.14. The Hall–Kier alpha value is -1.06. The van der Waals surface area contributed by atoms with Gasteiger partial charge in [-0.3, -0.25) is 4.90 Å². The van der Waals surface area contributed by atoms with Gasteiger partial charge in [0.05, 0.1) is 0 Å². The Labute approximate surface area is 128 Å². The summed E-state index contributed by atoms with van der Waals surface area (Å²) in [5.41, 5.74) is 8.69. The van der Waals surface area contributed by atoms with E-state index in [0.717, 1.165) is 31.8 Å². The van der Waals surface area contributed by atoms with Gasteiger partial charge in [-0.15, -0.1) is 0 Å². The predicted molar refractivity (Wildman–Crippen MR) is 86.6 cm³/mol. The fraction of sp³-hybridized carbons (Fsp3) is 0.667. The molecule has 2 atom stereocenters. The molecule has 2 aliphatic heterocycles. The quantitative estimate of drug-likeness (QED) is 0.925. The lowest BCUT2D eigenvalue weighted by Crippen LogP contribution is -2.30. The molecular formula is C18H28N2O. The molecule has 1 fully saturated rings. The zero-order valence-corrected chi connectivity index (χ0v) is 13.6. The third-order valence-corrected chi connectivity index (χ3v) is 4.88. The Balaban J connectivity index is 1.98. The van der Waals surface area contributed by atoms with Crippen molar-refractivity contribution in [3.05, 3.63) is 29.3 Å². The van der Waals surface area contributed by atoms with E-state index in [1.165, 1.54) is 24.0 Å². The first kappa shape index (κ1) is 14.9. The van der Waals surface area contributed by atoms with Crippen molar-refractivity contribution >= 4 is 0 Å². The summed E-state index contributed by atoms with van der Waals surface area (Å²) in [6, 6.07) is 7.08. The number of ether oxygens (including phenoxy) is 1. The minimum absolute atomic E-state index is 0.0785. The first-order valence-corrected chi connectivity index (χ1v) is 8.30. The SMILES string of the molecule is CCCN1CCC(CN)C1c1cccc2c1OC(C)(C)C2. The van der Waals surface area contributed by atoms with E-state index in [-0.39, 0.29) is 5.60 Å². The molecule has 3 rings (SSSR count). The van der Waals surface area contributed by atoms with Crippen LogP contribution in [0.4, 0.5) is 0 Å². The monoisotopic (exact) mass is 288 g/mol. The molecular weight excluding hydrogens is 260 g/mol. The Morgan fingerprint density at radius 1 is 1.38 bits per heavy atom. The third-order valence-electron chi connectivity index (χ3n) is 4.88. The van der Waals surface area contributed by atoms with E-state index >= 15 is 0 Å². The second-order valence-electron chi connectivity index (χ2n) is 7.14. The first-order chi connectivity index (χ1) is 10.1. The number of hydrogen-bond donors (Lipinski definition) is 1. The van der Waals surface area contributed by atoms with Crippen LogP contribution in [0, 0.1) is 5.92 Å². The zero-order valence-electron chi connectivity index (χ0n) is 13.6. The van der Waals surface area contributed by atoms with Crippen LogP contribution in [0.3, 0.4) is 0 Å². The molecule has 2 unspecified atom stereocenters. The average molecular weight is 288 g/mol. The topological polar surface area (TPSA) is 38.5 Å². The number of fused-ring (bicyclic) bond motifs is 1. The molecule has 3 nitrogen and oxygen atoms in total. The standard InChI is InChI=1S/C18H28N2O/c1-4-9-20-10-8-14(12-19)16(20)15-7-5-6-13-11-18(2,3)21-17(13)15/h5-7,14,16H,4,8-12,19H2,1-3H3. The predicted octanol–water partition coefficient (Wildman–Crippen LogP) is 3.13. The van der Waals surface area contributed by atoms with Crippen LogP contribution in [0.25, 0.3) is 0 Å². The summed E-state index contributed by atoms with van der Waals surface area (Å²) in [7, 11) is 0. The normalized spacial score (nSPS) is 27.6. The Kier molecular flexibility index (Phi) is 3.98. The van der Waals surface area contributed by atoms with Crippen LogP contribution in [0.2, 0.25) is 0 Å². The maximum Gasteiger partial charge on any atom is 0.128 e. The molecule has 1 aromatic rings. The van der Waals surface area contributed by atoms with Gasteiger partial charge in [-0.2, -0.15) is 0 Å². The van der Waals surface area contributed by atoms with Crippen molar-refractivity contribution in [2.24, 2.45) is 11.7 Å². The molecule has 0 amide bonds. The molecule has 0 spiro atoms. The number of nitrogens with zero attached hydrogens (tertiary/aromatic N) is 1. The van der Waals surface area contributed by atoms with Gasteiger partial charge in [0.2, 0.25) is 0 Å². The number of likely N-dealkylation sites (tertiary alicyclic amines) is 1. The Bertz CT molecular complexity index is 512. The van der Waals surface area contributed by atoms with Crippen molar-refractivity contribution in [1.29, 1.82) is 0 Å². The number of rotatable bonds is 4. The summed E-state index contributed by atoms with van der Waals surface area (Å²) < 4.78 is 6.29. The van der Waals surface area contributed by atoms with Crippen LogP contribution in [0.1, 0.15) is 50.8 Å². The molecule has 116 valence electrons. The average Bonchev–Trinajstić information content (AvgIpc) is 2.97. The number of para-hydroxylation sites is 1. The maximum atomic E-state index is 6.29. The minimum atomic E-state index is -0.0785. The van der Waals surface area contributed by atoms with E-state index in [1.807, 2.05) is 0 Å². The fourth-order valence-corrected chi connectivity index (χ4v) is 4.03. The van der Waals surface area contributed by atoms with Crippen LogP contribution in [0.5, 0.6) is 5.75 Å². The van der Waals surface area contributed by atoms with Crippen LogP contribution in [-0.4, -0.2) is 30.1 Å². The molecule has 0 saturated carbocycles. The summed E-state index contributed by atoms with van der Waals surface area (Å²) in [5, 5.41) is 0. The lowest BCUT2D eigenvalue weighted by Gasteiger charge is -2.29. The molecule has 0 bridgehead atoms. The van der Waals surface area contributed by atoms with Crippen LogP contribution in [0.15, 0.2) is 18.2 Å². The van der Waals surface area contributed by atoms with Gasteiger partial charge in [-0.05, 0) is 57.8 Å². The van der Waals surface area contributed by atoms with Crippen molar-refractivity contribution < 1.29 is 4.74 Å². The summed E-state index contributed by atoms with van der Waals surface area (Å²) >= 11 is 0. The van der Waals surface area contributed by atoms with Crippen molar-refractivity contribution in [3.63, 3.8) is 0 Å². The highest BCUT2D eigenvalue weighted by molar-refractivity contribution is 5.47. The van der Waals surface area contributed by atoms with E-state index in [0.29, 0.717) is 12.0 Å². The van der Waals surface area contributed by atoms with Crippen molar-refractivity contribution in [1.82, 2.24) is 4.90 Å². The molecule has 1 aromatic carbocycles. The fourth-order valence-electron chi connectivity index (χ4n) is 4.03. The molecule has 2 heterocycles. The van der Waals surface area contributed by atoms with Gasteiger partial charge in [-0.25, -0.2) is 0 Å². The first-order valence-electron chi connectivity index (χ1n) is 8.30. The molecule has 21 heavy (non-hydrogen) atoms. The maximum absolute atomic E-state index is 6.29. The highest BCUT2D eigenvalue weighted by atomic mass is 16.5. The summed E-state index contributed by atoms with van der Waals surface area (Å²) in [4.78, 5) is 2.60. The van der Waals surface area contributed by atoms with Gasteiger partial charge in [0.25, 0.3) is 0 Å². The summed E-state index contributed by atoms with van der Waals surface area (Å²) in [6.45, 7) is 9.67. The van der Waals surface area contributed by atoms with Crippen LogP contribution < -0.4 is 10.5 Å². The zero-order chi connectivity index (χ0) is 15.0. The highest BCUT2D eigenvalue weighted by Gasteiger charge is 2.39. The van der Waals surface area contributed by atoms with E-state index in [2.05, 4.69) is 43.9 Å². The molecule has 0 aromatic heterocycles. The van der Waals surface area contributed by atoms with E-state index < -0.39 is 0 Å². The summed E-state index contributed by atoms with van der Waals surface area (Å²) in [5.74, 6) is 1.68. The lowest BCUT2D eigenvalue weighted by molar-refractivity contribution is 0.132. The Morgan fingerprint density at radius 3 is 2.90 bits per heavy atom. The second kappa shape index (κ2) is 5.62. The third kappa shape index (κ3) is 2.69. The Morgan fingerprint density at radius 2 is 2.19 bits per heavy atom. The molecule has 0 aliphatic carbocycles. The van der Waals surface area contributed by atoms with Crippen LogP contribution in [-0.2, 0) is 6.42 Å². The van der Waals surface area contributed by atoms with Gasteiger partial charge in [0.1, 0.15) is 11.4 Å². The van der Waals surface area contributed by atoms with E-state index in [9.17, 15) is 0 Å². The van der Waals surface area contributed by atoms with Gasteiger partial charge in [0, 0.05) is 18.0 Å². The van der Waals surface area contributed by atoms with Crippen molar-refractivity contribution in [2.45, 2.75) is 51.7 Å². The number of benzene rings is 1. The van der Waals surface area contributed by atoms with E-state index in [4.69, 9.17) is 10.5 Å². The highest BCUT2D eigenvalue weighted by Crippen LogP contribution is 2.46. The lowest BCUT2D eigenvalue weighted by atomic mass is 9.91. The smallest absolute Gasteiger partial charge is 0.128 e. The largest absolute Gasteiger partial charge is 0.487 e. The molecule has 1 saturated heterocycles. The van der Waals surface area contributed by atoms with Gasteiger partial charge in [0.15, 0.2) is 0 Å².